The Kier molecular flexibility index (Phi) is 7.49. The van der Waals surface area contributed by atoms with Gasteiger partial charge in [0.15, 0.2) is 11.5 Å². The van der Waals surface area contributed by atoms with Crippen LogP contribution < -0.4 is 14.2 Å². The van der Waals surface area contributed by atoms with E-state index >= 15 is 0 Å². The van der Waals surface area contributed by atoms with Crippen LogP contribution in [-0.4, -0.2) is 36.3 Å². The lowest BCUT2D eigenvalue weighted by atomic mass is 10.2. The molecule has 0 aliphatic carbocycles. The van der Waals surface area contributed by atoms with Gasteiger partial charge in [-0.15, -0.1) is 0 Å². The summed E-state index contributed by atoms with van der Waals surface area (Å²) in [7, 11) is 1.55. The molecule has 0 unspecified atom stereocenters. The number of imide groups is 1. The van der Waals surface area contributed by atoms with Gasteiger partial charge >= 0.3 is 0 Å². The van der Waals surface area contributed by atoms with Gasteiger partial charge in [0.2, 0.25) is 0 Å². The number of rotatable bonds is 9. The van der Waals surface area contributed by atoms with E-state index in [0.29, 0.717) is 27.7 Å². The third-order valence-electron chi connectivity index (χ3n) is 5.05. The summed E-state index contributed by atoms with van der Waals surface area (Å²) < 4.78 is 30.3. The SMILES string of the molecule is COc1ccccc1OCCN1C(=O)S/C(=C\c2ccc(OCc3ccccc3F)cc2)C1=O. The number of carbonyl (C=O) groups excluding carboxylic acids is 2. The van der Waals surface area contributed by atoms with E-state index in [4.69, 9.17) is 14.2 Å². The van der Waals surface area contributed by atoms with Gasteiger partial charge in [0, 0.05) is 5.56 Å². The molecule has 4 rings (SSSR count). The normalized spacial score (nSPS) is 14.5. The number of thioether (sulfide) groups is 1. The van der Waals surface area contributed by atoms with Crippen molar-refractivity contribution in [1.29, 1.82) is 0 Å². The minimum atomic E-state index is -0.362. The standard InChI is InChI=1S/C26H22FNO5S/c1-31-22-8-4-5-9-23(22)32-15-14-28-25(29)24(34-26(28)30)16-18-10-12-20(13-11-18)33-17-19-6-2-3-7-21(19)27/h2-13,16H,14-15,17H2,1H3/b24-16-. The molecule has 3 aromatic carbocycles. The number of benzene rings is 3. The molecule has 1 fully saturated rings. The van der Waals surface area contributed by atoms with Gasteiger partial charge in [-0.05, 0) is 53.7 Å². The number of halogens is 1. The van der Waals surface area contributed by atoms with Gasteiger partial charge in [-0.2, -0.15) is 0 Å². The minimum absolute atomic E-state index is 0.113. The quantitative estimate of drug-likeness (QED) is 0.376. The Morgan fingerprint density at radius 3 is 2.35 bits per heavy atom. The van der Waals surface area contributed by atoms with E-state index in [-0.39, 0.29) is 36.7 Å². The van der Waals surface area contributed by atoms with Crippen molar-refractivity contribution in [3.8, 4) is 17.2 Å². The highest BCUT2D eigenvalue weighted by Gasteiger charge is 2.34. The van der Waals surface area contributed by atoms with Gasteiger partial charge in [-0.1, -0.05) is 42.5 Å². The van der Waals surface area contributed by atoms with E-state index < -0.39 is 0 Å². The van der Waals surface area contributed by atoms with Crippen molar-refractivity contribution in [2.75, 3.05) is 20.3 Å². The van der Waals surface area contributed by atoms with Crippen LogP contribution in [0, 0.1) is 5.82 Å². The van der Waals surface area contributed by atoms with Crippen molar-refractivity contribution in [2.24, 2.45) is 0 Å². The molecule has 2 amide bonds. The fraction of sp³-hybridized carbons (Fsp3) is 0.154. The van der Waals surface area contributed by atoms with Gasteiger partial charge < -0.3 is 14.2 Å². The molecule has 0 saturated carbocycles. The number of nitrogens with zero attached hydrogens (tertiary/aromatic N) is 1. The molecule has 0 atom stereocenters. The molecule has 0 spiro atoms. The van der Waals surface area contributed by atoms with E-state index in [1.165, 1.54) is 6.07 Å². The van der Waals surface area contributed by atoms with Crippen molar-refractivity contribution in [3.63, 3.8) is 0 Å². The first-order chi connectivity index (χ1) is 16.5. The Morgan fingerprint density at radius 2 is 1.62 bits per heavy atom. The molecule has 8 heteroatoms. The Bertz CT molecular complexity index is 1210. The van der Waals surface area contributed by atoms with Crippen molar-refractivity contribution in [3.05, 3.63) is 94.6 Å². The van der Waals surface area contributed by atoms with Crippen LogP contribution in [0.1, 0.15) is 11.1 Å². The average molecular weight is 480 g/mol. The summed E-state index contributed by atoms with van der Waals surface area (Å²) in [5.74, 6) is 1.02. The van der Waals surface area contributed by atoms with Crippen LogP contribution >= 0.6 is 11.8 Å². The highest BCUT2D eigenvalue weighted by Crippen LogP contribution is 2.32. The number of ether oxygens (including phenoxy) is 3. The molecule has 3 aromatic rings. The van der Waals surface area contributed by atoms with Gasteiger partial charge in [-0.25, -0.2) is 4.39 Å². The van der Waals surface area contributed by atoms with Crippen LogP contribution in [0.2, 0.25) is 0 Å². The predicted octanol–water partition coefficient (Wildman–Crippen LogP) is 5.53. The van der Waals surface area contributed by atoms with Gasteiger partial charge in [0.1, 0.15) is 24.8 Å². The number of amides is 2. The summed E-state index contributed by atoms with van der Waals surface area (Å²) in [6.45, 7) is 0.393. The van der Waals surface area contributed by atoms with Crippen molar-refractivity contribution >= 4 is 29.0 Å². The lowest BCUT2D eigenvalue weighted by Crippen LogP contribution is -2.32. The number of para-hydroxylation sites is 2. The molecule has 1 saturated heterocycles. The van der Waals surface area contributed by atoms with Gasteiger partial charge in [-0.3, -0.25) is 14.5 Å². The number of hydrogen-bond acceptors (Lipinski definition) is 6. The van der Waals surface area contributed by atoms with Crippen LogP contribution in [-0.2, 0) is 11.4 Å². The second kappa shape index (κ2) is 10.9. The topological polar surface area (TPSA) is 65.1 Å². The Morgan fingerprint density at radius 1 is 0.912 bits per heavy atom. The lowest BCUT2D eigenvalue weighted by molar-refractivity contribution is -0.123. The third-order valence-corrected chi connectivity index (χ3v) is 5.95. The maximum Gasteiger partial charge on any atom is 0.293 e. The van der Waals surface area contributed by atoms with E-state index in [9.17, 15) is 14.0 Å². The molecule has 1 aliphatic rings. The van der Waals surface area contributed by atoms with Crippen LogP contribution in [0.25, 0.3) is 6.08 Å². The summed E-state index contributed by atoms with van der Waals surface area (Å²) >= 11 is 0.889. The van der Waals surface area contributed by atoms with E-state index in [2.05, 4.69) is 0 Å². The monoisotopic (exact) mass is 479 g/mol. The fourth-order valence-electron chi connectivity index (χ4n) is 3.27. The van der Waals surface area contributed by atoms with Crippen molar-refractivity contribution in [1.82, 2.24) is 4.90 Å². The van der Waals surface area contributed by atoms with E-state index in [1.807, 2.05) is 12.1 Å². The predicted molar refractivity (Wildman–Crippen MR) is 128 cm³/mol. The first kappa shape index (κ1) is 23.4. The molecule has 174 valence electrons. The average Bonchev–Trinajstić information content (AvgIpc) is 3.12. The zero-order valence-electron chi connectivity index (χ0n) is 18.4. The van der Waals surface area contributed by atoms with Crippen molar-refractivity contribution < 1.29 is 28.2 Å². The number of hydrogen-bond donors (Lipinski definition) is 0. The molecule has 1 aliphatic heterocycles. The van der Waals surface area contributed by atoms with Crippen LogP contribution in [0.3, 0.4) is 0 Å². The molecular weight excluding hydrogens is 457 g/mol. The molecule has 34 heavy (non-hydrogen) atoms. The molecular formula is C26H22FNO5S. The highest BCUT2D eigenvalue weighted by molar-refractivity contribution is 8.18. The highest BCUT2D eigenvalue weighted by atomic mass is 32.2. The summed E-state index contributed by atoms with van der Waals surface area (Å²) in [5.41, 5.74) is 1.21. The molecule has 0 radical (unpaired) electrons. The van der Waals surface area contributed by atoms with Crippen LogP contribution in [0.5, 0.6) is 17.2 Å². The van der Waals surface area contributed by atoms with Crippen LogP contribution in [0.15, 0.2) is 77.7 Å². The second-order valence-electron chi connectivity index (χ2n) is 7.28. The summed E-state index contributed by atoms with van der Waals surface area (Å²) in [4.78, 5) is 26.6. The fourth-order valence-corrected chi connectivity index (χ4v) is 4.13. The van der Waals surface area contributed by atoms with Crippen LogP contribution in [0.4, 0.5) is 9.18 Å². The molecule has 0 N–H and O–H groups in total. The maximum absolute atomic E-state index is 13.7. The number of methoxy groups -OCH3 is 1. The second-order valence-corrected chi connectivity index (χ2v) is 8.27. The largest absolute Gasteiger partial charge is 0.493 e. The minimum Gasteiger partial charge on any atom is -0.493 e. The smallest absolute Gasteiger partial charge is 0.293 e. The first-order valence-electron chi connectivity index (χ1n) is 10.5. The zero-order valence-corrected chi connectivity index (χ0v) is 19.2. The summed E-state index contributed by atoms with van der Waals surface area (Å²) in [5, 5.41) is -0.343. The Balaban J connectivity index is 1.33. The van der Waals surface area contributed by atoms with Crippen molar-refractivity contribution in [2.45, 2.75) is 6.61 Å². The molecule has 0 aromatic heterocycles. The molecule has 6 nitrogen and oxygen atoms in total. The first-order valence-corrected chi connectivity index (χ1v) is 11.3. The van der Waals surface area contributed by atoms with Gasteiger partial charge in [0.25, 0.3) is 11.1 Å². The van der Waals surface area contributed by atoms with E-state index in [1.54, 1.807) is 67.8 Å². The third kappa shape index (κ3) is 5.58. The summed E-state index contributed by atoms with van der Waals surface area (Å²) in [6.07, 6.45) is 1.66. The molecule has 0 bridgehead atoms. The molecule has 1 heterocycles. The zero-order chi connectivity index (χ0) is 23.9. The maximum atomic E-state index is 13.7. The summed E-state index contributed by atoms with van der Waals surface area (Å²) in [6, 6.07) is 20.6. The Labute approximate surface area is 200 Å². The van der Waals surface area contributed by atoms with E-state index in [0.717, 1.165) is 22.2 Å². The number of carbonyl (C=O) groups is 2. The van der Waals surface area contributed by atoms with Gasteiger partial charge in [0.05, 0.1) is 18.6 Å². The lowest BCUT2D eigenvalue weighted by Gasteiger charge is -2.14. The Hall–Kier alpha value is -3.78.